The largest absolute Gasteiger partial charge is 0.495 e. The van der Waals surface area contributed by atoms with Gasteiger partial charge in [-0.25, -0.2) is 13.2 Å². The Morgan fingerprint density at radius 2 is 1.85 bits per heavy atom. The summed E-state index contributed by atoms with van der Waals surface area (Å²) < 4.78 is 33.0. The van der Waals surface area contributed by atoms with Gasteiger partial charge in [0.05, 0.1) is 12.7 Å². The number of rotatable bonds is 5. The van der Waals surface area contributed by atoms with Crippen LogP contribution in [0.4, 0.5) is 0 Å². The standard InChI is InChI=1S/C13H17ClO5S/c1-8(2)9(3)19-13(15)10-5-6-11(18-4)12(7-10)20(14,16)17/h5-9H,1-4H3. The van der Waals surface area contributed by atoms with Crippen molar-refractivity contribution in [2.75, 3.05) is 7.11 Å². The highest BCUT2D eigenvalue weighted by atomic mass is 35.7. The highest BCUT2D eigenvalue weighted by molar-refractivity contribution is 8.13. The van der Waals surface area contributed by atoms with E-state index in [0.29, 0.717) is 0 Å². The van der Waals surface area contributed by atoms with Crippen molar-refractivity contribution in [1.82, 2.24) is 0 Å². The molecule has 5 nitrogen and oxygen atoms in total. The summed E-state index contributed by atoms with van der Waals surface area (Å²) in [5.41, 5.74) is 0.109. The van der Waals surface area contributed by atoms with Gasteiger partial charge in [0, 0.05) is 10.7 Å². The molecule has 0 fully saturated rings. The molecule has 1 aromatic carbocycles. The van der Waals surface area contributed by atoms with Gasteiger partial charge < -0.3 is 9.47 Å². The minimum Gasteiger partial charge on any atom is -0.495 e. The van der Waals surface area contributed by atoms with E-state index in [1.54, 1.807) is 6.92 Å². The molecule has 0 radical (unpaired) electrons. The lowest BCUT2D eigenvalue weighted by Gasteiger charge is -2.17. The lowest BCUT2D eigenvalue weighted by molar-refractivity contribution is 0.0237. The maximum Gasteiger partial charge on any atom is 0.338 e. The summed E-state index contributed by atoms with van der Waals surface area (Å²) in [5.74, 6) is -0.364. The summed E-state index contributed by atoms with van der Waals surface area (Å²) in [4.78, 5) is 11.7. The third-order valence-corrected chi connectivity index (χ3v) is 4.24. The van der Waals surface area contributed by atoms with Gasteiger partial charge in [-0.2, -0.15) is 0 Å². The predicted molar refractivity (Wildman–Crippen MR) is 75.7 cm³/mol. The molecule has 0 spiro atoms. The lowest BCUT2D eigenvalue weighted by Crippen LogP contribution is -2.20. The maximum atomic E-state index is 11.9. The van der Waals surface area contributed by atoms with E-state index < -0.39 is 15.0 Å². The number of hydrogen-bond acceptors (Lipinski definition) is 5. The van der Waals surface area contributed by atoms with Crippen LogP contribution >= 0.6 is 10.7 Å². The second-order valence-electron chi connectivity index (χ2n) is 4.66. The summed E-state index contributed by atoms with van der Waals surface area (Å²) in [6.45, 7) is 5.60. The normalized spacial score (nSPS) is 13.1. The molecule has 1 unspecified atom stereocenters. The molecular weight excluding hydrogens is 304 g/mol. The number of hydrogen-bond donors (Lipinski definition) is 0. The van der Waals surface area contributed by atoms with Gasteiger partial charge in [0.15, 0.2) is 0 Å². The number of halogens is 1. The lowest BCUT2D eigenvalue weighted by atomic mass is 10.1. The van der Waals surface area contributed by atoms with E-state index in [-0.39, 0.29) is 28.2 Å². The van der Waals surface area contributed by atoms with Crippen LogP contribution in [0.15, 0.2) is 23.1 Å². The molecule has 7 heteroatoms. The molecule has 0 saturated carbocycles. The van der Waals surface area contributed by atoms with Gasteiger partial charge in [-0.3, -0.25) is 0 Å². The van der Waals surface area contributed by atoms with Crippen LogP contribution in [-0.4, -0.2) is 27.6 Å². The van der Waals surface area contributed by atoms with Gasteiger partial charge in [-0.1, -0.05) is 13.8 Å². The quantitative estimate of drug-likeness (QED) is 0.616. The zero-order valence-corrected chi connectivity index (χ0v) is 13.3. The molecule has 0 bridgehead atoms. The number of benzene rings is 1. The van der Waals surface area contributed by atoms with Crippen molar-refractivity contribution < 1.29 is 22.7 Å². The SMILES string of the molecule is COc1ccc(C(=O)OC(C)C(C)C)cc1S(=O)(=O)Cl. The van der Waals surface area contributed by atoms with Gasteiger partial charge in [0.1, 0.15) is 16.7 Å². The van der Waals surface area contributed by atoms with E-state index in [1.165, 1.54) is 19.2 Å². The number of carbonyl (C=O) groups is 1. The summed E-state index contributed by atoms with van der Waals surface area (Å²) in [7, 11) is 2.63. The fourth-order valence-electron chi connectivity index (χ4n) is 1.37. The van der Waals surface area contributed by atoms with Gasteiger partial charge in [-0.05, 0) is 31.0 Å². The molecule has 0 aliphatic carbocycles. The first-order valence-electron chi connectivity index (χ1n) is 6.00. The number of carbonyl (C=O) groups excluding carboxylic acids is 1. The van der Waals surface area contributed by atoms with Gasteiger partial charge >= 0.3 is 5.97 Å². The minimum absolute atomic E-state index is 0.0773. The molecule has 0 aromatic heterocycles. The number of methoxy groups -OCH3 is 1. The van der Waals surface area contributed by atoms with Crippen molar-refractivity contribution in [1.29, 1.82) is 0 Å². The second-order valence-corrected chi connectivity index (χ2v) is 7.19. The molecule has 1 atom stereocenters. The number of ether oxygens (including phenoxy) is 2. The molecule has 0 saturated heterocycles. The number of esters is 1. The van der Waals surface area contributed by atoms with Crippen LogP contribution < -0.4 is 4.74 Å². The van der Waals surface area contributed by atoms with Crippen LogP contribution in [0.1, 0.15) is 31.1 Å². The van der Waals surface area contributed by atoms with Crippen LogP contribution in [0.5, 0.6) is 5.75 Å². The smallest absolute Gasteiger partial charge is 0.338 e. The third kappa shape index (κ3) is 4.11. The summed E-state index contributed by atoms with van der Waals surface area (Å²) in [5, 5.41) is 0. The first kappa shape index (κ1) is 16.8. The van der Waals surface area contributed by atoms with E-state index in [0.717, 1.165) is 6.07 Å². The van der Waals surface area contributed by atoms with E-state index in [2.05, 4.69) is 0 Å². The second kappa shape index (κ2) is 6.45. The predicted octanol–water partition coefficient (Wildman–Crippen LogP) is 2.82. The van der Waals surface area contributed by atoms with Gasteiger partial charge in [0.2, 0.25) is 0 Å². The molecule has 0 amide bonds. The van der Waals surface area contributed by atoms with Crippen molar-refractivity contribution in [2.24, 2.45) is 5.92 Å². The topological polar surface area (TPSA) is 69.7 Å². The van der Waals surface area contributed by atoms with E-state index in [1.807, 2.05) is 13.8 Å². The molecule has 1 rings (SSSR count). The third-order valence-electron chi connectivity index (χ3n) is 2.89. The van der Waals surface area contributed by atoms with Crippen LogP contribution in [0, 0.1) is 5.92 Å². The molecule has 0 aliphatic rings. The maximum absolute atomic E-state index is 11.9. The van der Waals surface area contributed by atoms with Crippen molar-refractivity contribution in [3.8, 4) is 5.75 Å². The molecular formula is C13H17ClO5S. The molecule has 0 heterocycles. The van der Waals surface area contributed by atoms with Crippen molar-refractivity contribution in [2.45, 2.75) is 31.8 Å². The van der Waals surface area contributed by atoms with Crippen LogP contribution in [0.25, 0.3) is 0 Å². The molecule has 20 heavy (non-hydrogen) atoms. The fraction of sp³-hybridized carbons (Fsp3) is 0.462. The van der Waals surface area contributed by atoms with Gasteiger partial charge in [0.25, 0.3) is 9.05 Å². The van der Waals surface area contributed by atoms with E-state index in [9.17, 15) is 13.2 Å². The highest BCUT2D eigenvalue weighted by Gasteiger charge is 2.21. The van der Waals surface area contributed by atoms with Crippen LogP contribution in [-0.2, 0) is 13.8 Å². The Labute approximate surface area is 123 Å². The van der Waals surface area contributed by atoms with Crippen molar-refractivity contribution in [3.05, 3.63) is 23.8 Å². The first-order valence-corrected chi connectivity index (χ1v) is 8.31. The average Bonchev–Trinajstić information content (AvgIpc) is 2.36. The fourth-order valence-corrected chi connectivity index (χ4v) is 2.39. The molecule has 0 N–H and O–H groups in total. The Morgan fingerprint density at radius 1 is 1.25 bits per heavy atom. The van der Waals surface area contributed by atoms with E-state index >= 15 is 0 Å². The van der Waals surface area contributed by atoms with Crippen molar-refractivity contribution in [3.63, 3.8) is 0 Å². The summed E-state index contributed by atoms with van der Waals surface area (Å²) in [6.07, 6.45) is -0.277. The van der Waals surface area contributed by atoms with E-state index in [4.69, 9.17) is 20.2 Å². The Hall–Kier alpha value is -1.27. The first-order chi connectivity index (χ1) is 9.16. The monoisotopic (exact) mass is 320 g/mol. The average molecular weight is 321 g/mol. The Morgan fingerprint density at radius 3 is 2.30 bits per heavy atom. The molecule has 112 valence electrons. The highest BCUT2D eigenvalue weighted by Crippen LogP contribution is 2.28. The molecule has 1 aromatic rings. The Kier molecular flexibility index (Phi) is 5.42. The Bertz CT molecular complexity index is 595. The minimum atomic E-state index is -4.01. The molecule has 0 aliphatic heterocycles. The zero-order chi connectivity index (χ0) is 15.5. The zero-order valence-electron chi connectivity index (χ0n) is 11.7. The summed E-state index contributed by atoms with van der Waals surface area (Å²) in [6, 6.07) is 3.95. The Balaban J connectivity index is 3.13. The van der Waals surface area contributed by atoms with Gasteiger partial charge in [-0.15, -0.1) is 0 Å². The van der Waals surface area contributed by atoms with Crippen LogP contribution in [0.2, 0.25) is 0 Å². The summed E-state index contributed by atoms with van der Waals surface area (Å²) >= 11 is 0. The van der Waals surface area contributed by atoms with Crippen LogP contribution in [0.3, 0.4) is 0 Å². The van der Waals surface area contributed by atoms with Crippen molar-refractivity contribution >= 4 is 25.7 Å².